The molecule has 2 aliphatic rings. The van der Waals surface area contributed by atoms with Crippen LogP contribution in [-0.4, -0.2) is 30.0 Å². The van der Waals surface area contributed by atoms with Gasteiger partial charge in [0.1, 0.15) is 17.2 Å². The second-order valence-electron chi connectivity index (χ2n) is 19.9. The van der Waals surface area contributed by atoms with E-state index in [0.717, 1.165) is 22.8 Å². The molecule has 2 fully saturated rings. The highest BCUT2D eigenvalue weighted by Crippen LogP contribution is 2.56. The maximum Gasteiger partial charge on any atom is 0.573 e. The zero-order chi connectivity index (χ0) is 49.4. The fourth-order valence-electron chi connectivity index (χ4n) is 9.97. The maximum atomic E-state index is 12.3. The SMILES string of the molecule is CCCCCCCCCCCCP(CCCCCCCCCCCC)c1ccc(Oc2ccccc2)cc1.Cc1ccc(P)cc1C.FC(F)(F)Oc1ccc(P(C2CCCC2)C2CCCC2)cc1. The van der Waals surface area contributed by atoms with E-state index in [2.05, 4.69) is 84.1 Å². The van der Waals surface area contributed by atoms with E-state index in [1.807, 2.05) is 42.5 Å². The summed E-state index contributed by atoms with van der Waals surface area (Å²) >= 11 is 0. The van der Waals surface area contributed by atoms with Crippen LogP contribution in [0, 0.1) is 13.8 Å². The van der Waals surface area contributed by atoms with Crippen LogP contribution in [0.1, 0.15) is 205 Å². The number of unbranched alkanes of at least 4 members (excludes halogenated alkanes) is 18. The van der Waals surface area contributed by atoms with E-state index in [0.29, 0.717) is 0 Å². The van der Waals surface area contributed by atoms with Gasteiger partial charge in [-0.25, -0.2) is 0 Å². The predicted octanol–water partition coefficient (Wildman–Crippen LogP) is 19.8. The van der Waals surface area contributed by atoms with Crippen molar-refractivity contribution in [1.29, 1.82) is 0 Å². The Bertz CT molecular complexity index is 1820. The molecule has 8 heteroatoms. The molecule has 2 nitrogen and oxygen atoms in total. The van der Waals surface area contributed by atoms with Crippen LogP contribution in [0.3, 0.4) is 0 Å². The first-order valence-electron chi connectivity index (χ1n) is 27.6. The monoisotopic (exact) mass is 1010 g/mol. The highest BCUT2D eigenvalue weighted by Gasteiger charge is 2.35. The molecule has 4 aromatic rings. The van der Waals surface area contributed by atoms with E-state index in [1.54, 1.807) is 5.30 Å². The van der Waals surface area contributed by atoms with Gasteiger partial charge < -0.3 is 9.47 Å². The number of halogens is 3. The quantitative estimate of drug-likeness (QED) is 0.0399. The van der Waals surface area contributed by atoms with E-state index in [9.17, 15) is 13.2 Å². The highest BCUT2D eigenvalue weighted by atomic mass is 31.1. The molecular formula is C61H92F3O2P3. The molecule has 0 bridgehead atoms. The molecule has 4 aromatic carbocycles. The van der Waals surface area contributed by atoms with E-state index in [4.69, 9.17) is 4.74 Å². The Labute approximate surface area is 424 Å². The average Bonchev–Trinajstić information content (AvgIpc) is 4.09. The average molecular weight is 1010 g/mol. The van der Waals surface area contributed by atoms with Gasteiger partial charge in [-0.2, -0.15) is 0 Å². The first-order valence-corrected chi connectivity index (χ1v) is 31.4. The van der Waals surface area contributed by atoms with Crippen molar-refractivity contribution >= 4 is 41.0 Å². The number of rotatable bonds is 29. The van der Waals surface area contributed by atoms with Gasteiger partial charge >= 0.3 is 6.36 Å². The highest BCUT2D eigenvalue weighted by molar-refractivity contribution is 7.67. The molecule has 0 saturated heterocycles. The lowest BCUT2D eigenvalue weighted by Crippen LogP contribution is -2.20. The van der Waals surface area contributed by atoms with E-state index < -0.39 is 6.36 Å². The van der Waals surface area contributed by atoms with E-state index >= 15 is 0 Å². The van der Waals surface area contributed by atoms with Crippen molar-refractivity contribution in [2.45, 2.75) is 225 Å². The number of ether oxygens (including phenoxy) is 2. The molecule has 2 aliphatic carbocycles. The molecular weight excluding hydrogens is 915 g/mol. The van der Waals surface area contributed by atoms with Crippen molar-refractivity contribution in [2.75, 3.05) is 12.3 Å². The molecule has 2 saturated carbocycles. The summed E-state index contributed by atoms with van der Waals surface area (Å²) < 4.78 is 46.9. The lowest BCUT2D eigenvalue weighted by atomic mass is 10.1. The summed E-state index contributed by atoms with van der Waals surface area (Å²) in [7, 11) is 2.39. The van der Waals surface area contributed by atoms with Gasteiger partial charge in [0.25, 0.3) is 0 Å². The molecule has 0 radical (unpaired) electrons. The Hall–Kier alpha value is -2.44. The van der Waals surface area contributed by atoms with Crippen molar-refractivity contribution in [3.63, 3.8) is 0 Å². The third kappa shape index (κ3) is 25.7. The smallest absolute Gasteiger partial charge is 0.457 e. The number of alkyl halides is 3. The van der Waals surface area contributed by atoms with Crippen LogP contribution in [0.4, 0.5) is 13.2 Å². The van der Waals surface area contributed by atoms with Gasteiger partial charge in [-0.3, -0.25) is 0 Å². The van der Waals surface area contributed by atoms with Gasteiger partial charge in [0, 0.05) is 0 Å². The zero-order valence-corrected chi connectivity index (χ0v) is 46.5. The molecule has 0 N–H and O–H groups in total. The lowest BCUT2D eigenvalue weighted by Gasteiger charge is -2.30. The van der Waals surface area contributed by atoms with Crippen molar-refractivity contribution < 1.29 is 22.6 Å². The third-order valence-electron chi connectivity index (χ3n) is 14.1. The standard InChI is InChI=1S/C36H59OP.C17H22F3OP.C8H11P/c1-3-5-7-9-11-13-15-17-19-24-32-38(33-25-20-18-16-14-12-10-8-6-4-2)36-30-28-35(29-31-36)37-34-26-22-21-23-27-34;18-17(19,20)21-13-9-11-16(12-10-13)22(14-5-1-2-6-14)15-7-3-4-8-15;1-6-3-4-8(9)5-7(6)2/h21-23,26-31H,3-20,24-25,32-33H2,1-2H3;9-12,14-15H,1-8H2;3-5H,9H2,1-2H3. The largest absolute Gasteiger partial charge is 0.573 e. The number of aryl methyl sites for hydroxylation is 2. The van der Waals surface area contributed by atoms with E-state index in [1.165, 1.54) is 226 Å². The molecule has 1 unspecified atom stereocenters. The molecule has 69 heavy (non-hydrogen) atoms. The Morgan fingerprint density at radius 3 is 1.30 bits per heavy atom. The molecule has 0 aliphatic heterocycles. The van der Waals surface area contributed by atoms with Gasteiger partial charge in [-0.15, -0.1) is 22.4 Å². The van der Waals surface area contributed by atoms with E-state index in [-0.39, 0.29) is 21.6 Å². The van der Waals surface area contributed by atoms with Crippen molar-refractivity contribution in [1.82, 2.24) is 0 Å². The van der Waals surface area contributed by atoms with Crippen LogP contribution in [0.25, 0.3) is 0 Å². The van der Waals surface area contributed by atoms with Gasteiger partial charge in [0.15, 0.2) is 0 Å². The lowest BCUT2D eigenvalue weighted by molar-refractivity contribution is -0.274. The van der Waals surface area contributed by atoms with Crippen LogP contribution in [-0.2, 0) is 0 Å². The fourth-order valence-corrected chi connectivity index (χ4v) is 16.6. The summed E-state index contributed by atoms with van der Waals surface area (Å²) in [5, 5.41) is 4.11. The third-order valence-corrected chi connectivity index (χ3v) is 20.7. The molecule has 0 amide bonds. The number of hydrogen-bond donors (Lipinski definition) is 0. The maximum absolute atomic E-state index is 12.3. The Kier molecular flexibility index (Phi) is 30.5. The second kappa shape index (κ2) is 35.6. The van der Waals surface area contributed by atoms with Crippen molar-refractivity contribution in [3.05, 3.63) is 108 Å². The summed E-state index contributed by atoms with van der Waals surface area (Å²) in [5.41, 5.74) is 4.27. The molecule has 0 spiro atoms. The summed E-state index contributed by atoms with van der Waals surface area (Å²) in [6.45, 7) is 8.86. The van der Waals surface area contributed by atoms with Crippen LogP contribution in [0.15, 0.2) is 97.1 Å². The molecule has 6 rings (SSSR count). The fraction of sp³-hybridized carbons (Fsp3) is 0.607. The first kappa shape index (κ1) is 59.1. The van der Waals surface area contributed by atoms with Crippen LogP contribution in [0.5, 0.6) is 17.2 Å². The minimum atomic E-state index is -4.61. The van der Waals surface area contributed by atoms with Gasteiger partial charge in [-0.05, 0) is 139 Å². The minimum absolute atomic E-state index is 0.0521. The number of para-hydroxylation sites is 1. The summed E-state index contributed by atoms with van der Waals surface area (Å²) in [6.07, 6.45) is 37.1. The van der Waals surface area contributed by atoms with Crippen molar-refractivity contribution in [2.24, 2.45) is 0 Å². The number of benzene rings is 4. The van der Waals surface area contributed by atoms with Crippen LogP contribution in [0.2, 0.25) is 0 Å². The topological polar surface area (TPSA) is 18.5 Å². The summed E-state index contributed by atoms with van der Waals surface area (Å²) in [4.78, 5) is 0. The van der Waals surface area contributed by atoms with Gasteiger partial charge in [-0.1, -0.05) is 232 Å². The Morgan fingerprint density at radius 2 is 0.884 bits per heavy atom. The first-order chi connectivity index (χ1) is 33.6. The van der Waals surface area contributed by atoms with Crippen LogP contribution < -0.4 is 25.4 Å². The van der Waals surface area contributed by atoms with Gasteiger partial charge in [0.2, 0.25) is 0 Å². The summed E-state index contributed by atoms with van der Waals surface area (Å²) in [6, 6.07) is 32.4. The van der Waals surface area contributed by atoms with Crippen LogP contribution >= 0.6 is 25.1 Å². The van der Waals surface area contributed by atoms with Gasteiger partial charge in [0.05, 0.1) is 0 Å². The molecule has 0 aromatic heterocycles. The zero-order valence-electron chi connectivity index (χ0n) is 43.5. The minimum Gasteiger partial charge on any atom is -0.457 e. The second-order valence-corrected chi connectivity index (χ2v) is 25.9. The summed E-state index contributed by atoms with van der Waals surface area (Å²) in [5.74, 6) is 1.76. The number of hydrogen-bond acceptors (Lipinski definition) is 2. The Balaban J connectivity index is 0.000000276. The molecule has 384 valence electrons. The molecule has 1 atom stereocenters. The predicted molar refractivity (Wildman–Crippen MR) is 302 cm³/mol. The molecule has 0 heterocycles. The Morgan fingerprint density at radius 1 is 0.478 bits per heavy atom. The normalized spacial score (nSPS) is 14.2. The van der Waals surface area contributed by atoms with Crippen molar-refractivity contribution in [3.8, 4) is 17.2 Å².